The van der Waals surface area contributed by atoms with Crippen molar-refractivity contribution < 1.29 is 12.6 Å². The first-order valence-electron chi connectivity index (χ1n) is 18.2. The monoisotopic (exact) mass is 830 g/mol. The quantitative estimate of drug-likeness (QED) is 0.123. The van der Waals surface area contributed by atoms with Gasteiger partial charge in [0.15, 0.2) is 0 Å². The van der Waals surface area contributed by atoms with Gasteiger partial charge in [0.05, 0.1) is 12.4 Å². The first kappa shape index (κ1) is 36.8. The van der Waals surface area contributed by atoms with Crippen LogP contribution in [-0.4, -0.2) is 31.9 Å². The van der Waals surface area contributed by atoms with Gasteiger partial charge in [-0.15, -0.1) is 0 Å². The summed E-state index contributed by atoms with van der Waals surface area (Å²) in [5.74, 6) is 0. The molecular formula is C43H48Br2N2O3S. The molecule has 1 atom stereocenters. The predicted octanol–water partition coefficient (Wildman–Crippen LogP) is 9.90. The highest BCUT2D eigenvalue weighted by atomic mass is 79.9. The van der Waals surface area contributed by atoms with Gasteiger partial charge < -0.3 is 10.6 Å². The maximum absolute atomic E-state index is 12.0. The summed E-state index contributed by atoms with van der Waals surface area (Å²) in [4.78, 5) is 0. The van der Waals surface area contributed by atoms with E-state index in [2.05, 4.69) is 134 Å². The normalized spacial score (nSPS) is 29.4. The highest BCUT2D eigenvalue weighted by Crippen LogP contribution is 2.55. The number of allylic oxidation sites excluding steroid dienone is 1. The van der Waals surface area contributed by atoms with Gasteiger partial charge in [-0.3, -0.25) is 4.18 Å². The Labute approximate surface area is 321 Å². The molecule has 0 aromatic heterocycles. The lowest BCUT2D eigenvalue weighted by atomic mass is 9.53. The molecule has 5 nitrogen and oxygen atoms in total. The molecule has 0 saturated heterocycles. The third kappa shape index (κ3) is 8.32. The molecule has 4 saturated carbocycles. The Morgan fingerprint density at radius 2 is 1.14 bits per heavy atom. The van der Waals surface area contributed by atoms with Crippen molar-refractivity contribution in [3.05, 3.63) is 153 Å². The van der Waals surface area contributed by atoms with Crippen molar-refractivity contribution in [3.63, 3.8) is 0 Å². The van der Waals surface area contributed by atoms with Crippen LogP contribution in [0.3, 0.4) is 0 Å². The first-order chi connectivity index (χ1) is 24.5. The summed E-state index contributed by atoms with van der Waals surface area (Å²) in [7, 11) is -3.53. The SMILES string of the molecule is Brc1ccc(C23C=CC(NCc4ccccc4)(CC2)CC3)cc1.CS(=O)(=O)OC1CC2(NCc3ccccc3)CCC1(c1ccc(Br)cc1)CC2. The van der Waals surface area contributed by atoms with E-state index < -0.39 is 10.1 Å². The van der Waals surface area contributed by atoms with E-state index in [0.29, 0.717) is 6.42 Å². The first-order valence-corrected chi connectivity index (χ1v) is 21.6. The van der Waals surface area contributed by atoms with Gasteiger partial charge in [-0.1, -0.05) is 129 Å². The Morgan fingerprint density at radius 1 is 0.627 bits per heavy atom. The van der Waals surface area contributed by atoms with Crippen LogP contribution < -0.4 is 10.6 Å². The van der Waals surface area contributed by atoms with Gasteiger partial charge in [-0.25, -0.2) is 0 Å². The predicted molar refractivity (Wildman–Crippen MR) is 214 cm³/mol. The summed E-state index contributed by atoms with van der Waals surface area (Å²) in [6.07, 6.45) is 15.3. The molecule has 6 aliphatic rings. The third-order valence-corrected chi connectivity index (χ3v) is 13.8. The zero-order valence-corrected chi connectivity index (χ0v) is 33.3. The fourth-order valence-electron chi connectivity index (χ4n) is 9.05. The van der Waals surface area contributed by atoms with Crippen LogP contribution in [0.2, 0.25) is 0 Å². The molecule has 0 aliphatic heterocycles. The lowest BCUT2D eigenvalue weighted by molar-refractivity contribution is -0.0324. The number of rotatable bonds is 10. The highest BCUT2D eigenvalue weighted by Gasteiger charge is 2.56. The van der Waals surface area contributed by atoms with Crippen molar-refractivity contribution in [2.24, 2.45) is 0 Å². The van der Waals surface area contributed by atoms with Gasteiger partial charge in [0.25, 0.3) is 10.1 Å². The second kappa shape index (κ2) is 15.0. The number of halogens is 2. The summed E-state index contributed by atoms with van der Waals surface area (Å²) in [5, 5.41) is 7.57. The smallest absolute Gasteiger partial charge is 0.264 e. The summed E-state index contributed by atoms with van der Waals surface area (Å²) < 4.78 is 32.0. The molecule has 6 aliphatic carbocycles. The minimum Gasteiger partial charge on any atom is -0.307 e. The van der Waals surface area contributed by atoms with Gasteiger partial charge in [0.2, 0.25) is 0 Å². The molecular weight excluding hydrogens is 784 g/mol. The van der Waals surface area contributed by atoms with Crippen LogP contribution in [0.1, 0.15) is 80.0 Å². The zero-order chi connectivity index (χ0) is 35.6. The average molecular weight is 833 g/mol. The molecule has 4 fully saturated rings. The Hall–Kier alpha value is -2.59. The summed E-state index contributed by atoms with van der Waals surface area (Å²) >= 11 is 7.04. The van der Waals surface area contributed by atoms with Crippen molar-refractivity contribution in [2.45, 2.75) is 98.9 Å². The van der Waals surface area contributed by atoms with E-state index in [4.69, 9.17) is 4.18 Å². The van der Waals surface area contributed by atoms with Gasteiger partial charge >= 0.3 is 0 Å². The lowest BCUT2D eigenvalue weighted by Gasteiger charge is -2.57. The fraction of sp³-hybridized carbons (Fsp3) is 0.395. The second-order valence-corrected chi connectivity index (χ2v) is 18.7. The van der Waals surface area contributed by atoms with E-state index in [9.17, 15) is 8.42 Å². The minimum absolute atomic E-state index is 0.0672. The Morgan fingerprint density at radius 3 is 1.63 bits per heavy atom. The summed E-state index contributed by atoms with van der Waals surface area (Å²) in [6.45, 7) is 1.74. The van der Waals surface area contributed by atoms with Crippen LogP contribution in [0.4, 0.5) is 0 Å². The second-order valence-electron chi connectivity index (χ2n) is 15.3. The van der Waals surface area contributed by atoms with Crippen molar-refractivity contribution in [3.8, 4) is 0 Å². The van der Waals surface area contributed by atoms with E-state index >= 15 is 0 Å². The van der Waals surface area contributed by atoms with Gasteiger partial charge in [0, 0.05) is 43.9 Å². The number of fused-ring (bicyclic) bond motifs is 5. The van der Waals surface area contributed by atoms with Crippen LogP contribution in [0.5, 0.6) is 0 Å². The average Bonchev–Trinajstić information content (AvgIpc) is 3.16. The number of benzene rings is 4. The van der Waals surface area contributed by atoms with Crippen molar-refractivity contribution >= 4 is 42.0 Å². The molecule has 4 aromatic rings. The molecule has 4 aromatic carbocycles. The van der Waals surface area contributed by atoms with Crippen LogP contribution in [0.15, 0.2) is 130 Å². The Bertz CT molecular complexity index is 1900. The number of hydrogen-bond acceptors (Lipinski definition) is 5. The molecule has 10 rings (SSSR count). The molecule has 8 heteroatoms. The standard InChI is InChI=1S/C22H26BrNO3S.C21H22BrN/c1-28(25,26)27-20-15-21(24-16-17-5-3-2-4-6-17)11-13-22(20,14-12-21)18-7-9-19(23)10-8-18;22-19-8-6-18(7-9-19)20-10-13-21(14-11-20,15-12-20)23-16-17-4-2-1-3-5-17/h2-10,20,24H,11-16H2,1H3;1-10,13,23H,11-12,14-16H2. The van der Waals surface area contributed by atoms with Gasteiger partial charge in [-0.05, 0) is 104 Å². The van der Waals surface area contributed by atoms with Crippen molar-refractivity contribution in [1.29, 1.82) is 0 Å². The largest absolute Gasteiger partial charge is 0.307 e. The van der Waals surface area contributed by atoms with Crippen LogP contribution in [-0.2, 0) is 38.2 Å². The molecule has 2 N–H and O–H groups in total. The Kier molecular flexibility index (Phi) is 10.8. The molecule has 51 heavy (non-hydrogen) atoms. The number of hydrogen-bond donors (Lipinski definition) is 2. The maximum atomic E-state index is 12.0. The van der Waals surface area contributed by atoms with Crippen LogP contribution >= 0.6 is 31.9 Å². The van der Waals surface area contributed by atoms with E-state index in [1.54, 1.807) is 0 Å². The van der Waals surface area contributed by atoms with E-state index in [1.807, 2.05) is 30.3 Å². The topological polar surface area (TPSA) is 67.4 Å². The van der Waals surface area contributed by atoms with Gasteiger partial charge in [0.1, 0.15) is 0 Å². The summed E-state index contributed by atoms with van der Waals surface area (Å²) in [5.41, 5.74) is 5.42. The highest BCUT2D eigenvalue weighted by molar-refractivity contribution is 9.10. The Balaban J connectivity index is 0.000000162. The van der Waals surface area contributed by atoms with E-state index in [1.165, 1.54) is 47.9 Å². The minimum atomic E-state index is -3.53. The fourth-order valence-corrected chi connectivity index (χ4v) is 10.3. The van der Waals surface area contributed by atoms with E-state index in [0.717, 1.165) is 54.0 Å². The number of nitrogens with one attached hydrogen (secondary N) is 2. The molecule has 0 radical (unpaired) electrons. The molecule has 268 valence electrons. The summed E-state index contributed by atoms with van der Waals surface area (Å²) in [6, 6.07) is 38.2. The van der Waals surface area contributed by atoms with Gasteiger partial charge in [-0.2, -0.15) is 8.42 Å². The molecule has 4 bridgehead atoms. The lowest BCUT2D eigenvalue weighted by Crippen LogP contribution is -2.63. The molecule has 1 unspecified atom stereocenters. The molecule has 0 heterocycles. The van der Waals surface area contributed by atoms with E-state index in [-0.39, 0.29) is 28.0 Å². The maximum Gasteiger partial charge on any atom is 0.264 e. The zero-order valence-electron chi connectivity index (χ0n) is 29.3. The van der Waals surface area contributed by atoms with Crippen molar-refractivity contribution in [1.82, 2.24) is 10.6 Å². The van der Waals surface area contributed by atoms with Crippen LogP contribution in [0, 0.1) is 0 Å². The third-order valence-electron chi connectivity index (χ3n) is 12.2. The molecule has 0 amide bonds. The van der Waals surface area contributed by atoms with Crippen LogP contribution in [0.25, 0.3) is 0 Å². The van der Waals surface area contributed by atoms with Crippen molar-refractivity contribution in [2.75, 3.05) is 6.26 Å². The molecule has 0 spiro atoms.